The molecule has 6 rings (SSSR count). The van der Waals surface area contributed by atoms with Gasteiger partial charge in [-0.25, -0.2) is 0 Å². The van der Waals surface area contributed by atoms with E-state index in [-0.39, 0.29) is 42.7 Å². The molecule has 0 aliphatic carbocycles. The Morgan fingerprint density at radius 2 is 1.65 bits per heavy atom. The maximum absolute atomic E-state index is 11.8. The molecule has 8 nitrogen and oxygen atoms in total. The van der Waals surface area contributed by atoms with Crippen molar-refractivity contribution in [1.29, 1.82) is 0 Å². The minimum absolute atomic E-state index is 0.0676. The zero-order valence-corrected chi connectivity index (χ0v) is 33.6. The van der Waals surface area contributed by atoms with Gasteiger partial charge in [-0.15, -0.1) is 0 Å². The predicted octanol–water partition coefficient (Wildman–Crippen LogP) is 8.57. The normalized spacial score (nSPS) is 41.9. The van der Waals surface area contributed by atoms with Crippen molar-refractivity contribution >= 4 is 11.8 Å². The highest BCUT2D eigenvalue weighted by Gasteiger charge is 2.58. The molecule has 5 saturated heterocycles. The van der Waals surface area contributed by atoms with E-state index in [1.807, 2.05) is 37.3 Å². The van der Waals surface area contributed by atoms with Crippen molar-refractivity contribution in [3.8, 4) is 0 Å². The summed E-state index contributed by atoms with van der Waals surface area (Å²) in [4.78, 5) is 0. The van der Waals surface area contributed by atoms with E-state index in [0.717, 1.165) is 62.6 Å². The number of rotatable bonds is 10. The number of fused-ring (bicyclic) bond motifs is 4. The molecular formula is C46H67NO7. The first-order chi connectivity index (χ1) is 25.7. The first-order valence-electron chi connectivity index (χ1n) is 20.6. The average molecular weight is 746 g/mol. The van der Waals surface area contributed by atoms with E-state index in [2.05, 4.69) is 71.6 Å². The summed E-state index contributed by atoms with van der Waals surface area (Å²) >= 11 is 0. The minimum Gasteiger partial charge on any atom is -0.399 e. The van der Waals surface area contributed by atoms with Crippen LogP contribution in [0.25, 0.3) is 6.08 Å². The van der Waals surface area contributed by atoms with Gasteiger partial charge in [-0.1, -0.05) is 73.7 Å². The number of aliphatic hydroxyl groups excluding tert-OH is 1. The van der Waals surface area contributed by atoms with Crippen molar-refractivity contribution in [3.63, 3.8) is 0 Å². The molecule has 0 aromatic heterocycles. The van der Waals surface area contributed by atoms with Crippen molar-refractivity contribution in [2.24, 2.45) is 5.92 Å². The van der Waals surface area contributed by atoms with Crippen LogP contribution in [0.3, 0.4) is 0 Å². The van der Waals surface area contributed by atoms with Gasteiger partial charge in [0.2, 0.25) is 0 Å². The SMILES string of the molecule is C=C/C=C\CCC1OC2CCC3(C)OC4C(O)CC5(C)OC(CC/C=C(C)/C(C)=C/C=C/c6cccc(N)c6)C(C)CC5OC4CC3OC2CCC1(C)O. The fraction of sp³-hybridized carbons (Fsp3) is 0.652. The Kier molecular flexibility index (Phi) is 13.2. The van der Waals surface area contributed by atoms with Crippen molar-refractivity contribution in [2.45, 2.75) is 184 Å². The second-order valence-electron chi connectivity index (χ2n) is 17.6. The molecule has 0 spiro atoms. The number of ether oxygens (including phenoxy) is 5. The van der Waals surface area contributed by atoms with Crippen LogP contribution < -0.4 is 5.73 Å². The summed E-state index contributed by atoms with van der Waals surface area (Å²) in [5, 5.41) is 23.2. The van der Waals surface area contributed by atoms with Gasteiger partial charge in [0.05, 0.1) is 65.6 Å². The summed E-state index contributed by atoms with van der Waals surface area (Å²) in [6.45, 7) is 16.5. The molecule has 54 heavy (non-hydrogen) atoms. The molecule has 5 aliphatic rings. The summed E-state index contributed by atoms with van der Waals surface area (Å²) in [6, 6.07) is 7.88. The molecule has 0 saturated carbocycles. The molecular weight excluding hydrogens is 679 g/mol. The van der Waals surface area contributed by atoms with Crippen molar-refractivity contribution < 1.29 is 33.9 Å². The van der Waals surface area contributed by atoms with Gasteiger partial charge in [0, 0.05) is 18.5 Å². The van der Waals surface area contributed by atoms with Crippen LogP contribution in [-0.2, 0) is 23.7 Å². The van der Waals surface area contributed by atoms with Gasteiger partial charge < -0.3 is 39.6 Å². The lowest BCUT2D eigenvalue weighted by atomic mass is 9.79. The van der Waals surface area contributed by atoms with E-state index in [9.17, 15) is 10.2 Å². The fourth-order valence-corrected chi connectivity index (χ4v) is 9.50. The van der Waals surface area contributed by atoms with Crippen LogP contribution in [0.2, 0.25) is 0 Å². The van der Waals surface area contributed by atoms with Gasteiger partial charge in [-0.2, -0.15) is 0 Å². The van der Waals surface area contributed by atoms with Crippen LogP contribution in [0.4, 0.5) is 5.69 Å². The van der Waals surface area contributed by atoms with Gasteiger partial charge >= 0.3 is 0 Å². The number of allylic oxidation sites excluding steroid dienone is 8. The third kappa shape index (κ3) is 9.51. The number of nitrogen functional groups attached to an aromatic ring is 1. The third-order valence-electron chi connectivity index (χ3n) is 13.1. The summed E-state index contributed by atoms with van der Waals surface area (Å²) < 4.78 is 34.5. The van der Waals surface area contributed by atoms with Crippen LogP contribution in [0.5, 0.6) is 0 Å². The van der Waals surface area contributed by atoms with Gasteiger partial charge in [0.15, 0.2) is 0 Å². The summed E-state index contributed by atoms with van der Waals surface area (Å²) in [6.07, 6.45) is 20.3. The fourth-order valence-electron chi connectivity index (χ4n) is 9.50. The predicted molar refractivity (Wildman–Crippen MR) is 216 cm³/mol. The Bertz CT molecular complexity index is 1570. The molecule has 1 aromatic carbocycles. The molecule has 0 amide bonds. The molecule has 0 radical (unpaired) electrons. The molecule has 13 atom stereocenters. The molecule has 8 heteroatoms. The molecule has 1 aromatic rings. The second-order valence-corrected chi connectivity index (χ2v) is 17.6. The maximum Gasteiger partial charge on any atom is 0.111 e. The van der Waals surface area contributed by atoms with Crippen LogP contribution in [-0.4, -0.2) is 82.0 Å². The van der Waals surface area contributed by atoms with Gasteiger partial charge in [0.25, 0.3) is 0 Å². The number of nitrogens with two attached hydrogens (primary N) is 1. The molecule has 298 valence electrons. The van der Waals surface area contributed by atoms with Crippen molar-refractivity contribution in [2.75, 3.05) is 5.73 Å². The average Bonchev–Trinajstić information content (AvgIpc) is 3.38. The van der Waals surface area contributed by atoms with E-state index in [0.29, 0.717) is 25.2 Å². The van der Waals surface area contributed by atoms with Gasteiger partial charge in [-0.3, -0.25) is 0 Å². The van der Waals surface area contributed by atoms with Crippen LogP contribution in [0, 0.1) is 5.92 Å². The number of hydrogen-bond donors (Lipinski definition) is 3. The molecule has 5 aliphatic heterocycles. The zero-order valence-electron chi connectivity index (χ0n) is 33.6. The number of hydrogen-bond acceptors (Lipinski definition) is 8. The zero-order chi connectivity index (χ0) is 38.7. The third-order valence-corrected chi connectivity index (χ3v) is 13.1. The Labute approximate surface area is 324 Å². The Balaban J connectivity index is 1.07. The Hall–Kier alpha value is -2.56. The molecule has 5 fully saturated rings. The van der Waals surface area contributed by atoms with E-state index in [4.69, 9.17) is 29.4 Å². The number of benzene rings is 1. The lowest BCUT2D eigenvalue weighted by Crippen LogP contribution is -2.59. The first kappa shape index (κ1) is 41.1. The van der Waals surface area contributed by atoms with E-state index in [1.165, 1.54) is 11.1 Å². The Morgan fingerprint density at radius 1 is 0.907 bits per heavy atom. The van der Waals surface area contributed by atoms with Crippen LogP contribution >= 0.6 is 0 Å². The monoisotopic (exact) mass is 745 g/mol. The van der Waals surface area contributed by atoms with E-state index < -0.39 is 29.0 Å². The summed E-state index contributed by atoms with van der Waals surface area (Å²) in [5.41, 5.74) is 8.12. The lowest BCUT2D eigenvalue weighted by molar-refractivity contribution is -0.273. The Morgan fingerprint density at radius 3 is 2.43 bits per heavy atom. The van der Waals surface area contributed by atoms with Gasteiger partial charge in [0.1, 0.15) is 6.10 Å². The molecule has 5 heterocycles. The van der Waals surface area contributed by atoms with Crippen LogP contribution in [0.1, 0.15) is 118 Å². The quantitative estimate of drug-likeness (QED) is 0.161. The second kappa shape index (κ2) is 17.3. The first-order valence-corrected chi connectivity index (χ1v) is 20.6. The van der Waals surface area contributed by atoms with E-state index >= 15 is 0 Å². The highest BCUT2D eigenvalue weighted by Crippen LogP contribution is 2.49. The van der Waals surface area contributed by atoms with Crippen LogP contribution in [0.15, 0.2) is 78.4 Å². The molecule has 4 N–H and O–H groups in total. The lowest BCUT2D eigenvalue weighted by Gasteiger charge is -2.49. The maximum atomic E-state index is 11.8. The highest BCUT2D eigenvalue weighted by molar-refractivity contribution is 5.57. The molecule has 13 unspecified atom stereocenters. The number of anilines is 1. The topological polar surface area (TPSA) is 113 Å². The minimum atomic E-state index is -0.926. The molecule has 0 bridgehead atoms. The smallest absolute Gasteiger partial charge is 0.111 e. The largest absolute Gasteiger partial charge is 0.399 e. The standard InChI is InChI=1S/C46H67NO7/c1-8-9-10-11-21-40-44(5,49)24-22-37-38(50-40)23-25-45(6)42(51-37)28-39-43(54-45)35(48)29-46(7)41(52-39)26-32(4)36(53-46)20-13-16-31(3)30(2)15-12-17-33-18-14-19-34(47)27-33/h8-10,12,14-19,27,32,35-43,48-49H,1,11,13,20-26,28-29,47H2,2-7H3/b10-9-,17-12+,30-15+,31-16+. The highest BCUT2D eigenvalue weighted by atomic mass is 16.6. The van der Waals surface area contributed by atoms with Crippen molar-refractivity contribution in [1.82, 2.24) is 0 Å². The van der Waals surface area contributed by atoms with Crippen molar-refractivity contribution in [3.05, 3.63) is 84.0 Å². The summed E-state index contributed by atoms with van der Waals surface area (Å²) in [5.74, 6) is 0.309. The van der Waals surface area contributed by atoms with E-state index in [1.54, 1.807) is 6.08 Å². The summed E-state index contributed by atoms with van der Waals surface area (Å²) in [7, 11) is 0. The number of aliphatic hydroxyl groups is 2. The van der Waals surface area contributed by atoms with Gasteiger partial charge in [-0.05, 0) is 122 Å².